The van der Waals surface area contributed by atoms with Gasteiger partial charge in [-0.3, -0.25) is 9.59 Å². The van der Waals surface area contributed by atoms with E-state index in [-0.39, 0.29) is 17.4 Å². The van der Waals surface area contributed by atoms with E-state index < -0.39 is 5.97 Å². The first kappa shape index (κ1) is 23.0. The number of fused-ring (bicyclic) bond motifs is 5. The van der Waals surface area contributed by atoms with Crippen LogP contribution in [0.5, 0.6) is 0 Å². The zero-order chi connectivity index (χ0) is 22.2. The summed E-state index contributed by atoms with van der Waals surface area (Å²) in [6, 6.07) is 0. The molecule has 0 heterocycles. The molecule has 5 aliphatic carbocycles. The molecule has 0 aromatic heterocycles. The number of aliphatic hydroxyl groups excluding tert-OH is 1. The summed E-state index contributed by atoms with van der Waals surface area (Å²) in [5.74, 6) is 3.07. The van der Waals surface area contributed by atoms with Gasteiger partial charge in [-0.15, -0.1) is 0 Å². The Bertz CT molecular complexity index is 706. The van der Waals surface area contributed by atoms with Crippen LogP contribution in [0.15, 0.2) is 11.6 Å². The Morgan fingerprint density at radius 3 is 2.45 bits per heavy atom. The Labute approximate surface area is 187 Å². The lowest BCUT2D eigenvalue weighted by Gasteiger charge is -2.53. The number of aliphatic hydroxyl groups is 1. The predicted molar refractivity (Wildman–Crippen MR) is 121 cm³/mol. The summed E-state index contributed by atoms with van der Waals surface area (Å²) in [7, 11) is 0. The topological polar surface area (TPSA) is 74.6 Å². The summed E-state index contributed by atoms with van der Waals surface area (Å²) in [6.45, 7) is 4.17. The smallest absolute Gasteiger partial charge is 0.306 e. The van der Waals surface area contributed by atoms with Crippen molar-refractivity contribution >= 4 is 11.8 Å². The van der Waals surface area contributed by atoms with E-state index in [4.69, 9.17) is 5.11 Å². The van der Waals surface area contributed by atoms with E-state index >= 15 is 0 Å². The first-order valence-corrected chi connectivity index (χ1v) is 13.0. The molecule has 0 amide bonds. The second-order valence-electron chi connectivity index (χ2n) is 11.5. The van der Waals surface area contributed by atoms with Gasteiger partial charge in [0.05, 0.1) is 12.0 Å². The molecule has 0 spiro atoms. The van der Waals surface area contributed by atoms with Gasteiger partial charge in [0.2, 0.25) is 0 Å². The molecule has 174 valence electrons. The van der Waals surface area contributed by atoms with Crippen LogP contribution >= 0.6 is 0 Å². The number of carboxylic acid groups (broad SMARTS) is 1. The Morgan fingerprint density at radius 1 is 1.00 bits per heavy atom. The van der Waals surface area contributed by atoms with Crippen LogP contribution in [0.2, 0.25) is 0 Å². The summed E-state index contributed by atoms with van der Waals surface area (Å²) in [5, 5.41) is 19.1. The number of aliphatic carboxylic acids is 1. The van der Waals surface area contributed by atoms with Crippen LogP contribution < -0.4 is 0 Å². The highest BCUT2D eigenvalue weighted by atomic mass is 16.4. The number of carbonyl (C=O) groups excluding carboxylic acids is 1. The van der Waals surface area contributed by atoms with Gasteiger partial charge >= 0.3 is 5.97 Å². The molecule has 5 aliphatic rings. The quantitative estimate of drug-likeness (QED) is 0.582. The van der Waals surface area contributed by atoms with E-state index in [9.17, 15) is 14.7 Å². The fourth-order valence-corrected chi connectivity index (χ4v) is 7.99. The highest BCUT2D eigenvalue weighted by Crippen LogP contribution is 2.61. The lowest BCUT2D eigenvalue weighted by atomic mass is 9.52. The third kappa shape index (κ3) is 4.51. The van der Waals surface area contributed by atoms with Crippen molar-refractivity contribution in [3.63, 3.8) is 0 Å². The molecule has 4 saturated carbocycles. The summed E-state index contributed by atoms with van der Waals surface area (Å²) >= 11 is 0. The highest BCUT2D eigenvalue weighted by molar-refractivity contribution is 5.91. The number of carboxylic acids is 1. The molecule has 5 rings (SSSR count). The van der Waals surface area contributed by atoms with Gasteiger partial charge < -0.3 is 10.2 Å². The number of hydrogen-bond donors (Lipinski definition) is 2. The number of ketones is 1. The van der Waals surface area contributed by atoms with Gasteiger partial charge in [0.1, 0.15) is 0 Å². The normalized spacial score (nSPS) is 41.1. The zero-order valence-electron chi connectivity index (χ0n) is 19.5. The average molecular weight is 431 g/mol. The van der Waals surface area contributed by atoms with Gasteiger partial charge in [0.15, 0.2) is 5.78 Å². The van der Waals surface area contributed by atoms with Gasteiger partial charge in [-0.25, -0.2) is 0 Å². The number of hydrogen-bond acceptors (Lipinski definition) is 3. The van der Waals surface area contributed by atoms with Crippen molar-refractivity contribution in [1.29, 1.82) is 0 Å². The molecule has 7 atom stereocenters. The van der Waals surface area contributed by atoms with Crippen LogP contribution in [-0.2, 0) is 9.59 Å². The molecule has 4 heteroatoms. The number of rotatable bonds is 2. The number of carbonyl (C=O) groups is 2. The first-order valence-electron chi connectivity index (χ1n) is 13.0. The second-order valence-corrected chi connectivity index (χ2v) is 11.5. The van der Waals surface area contributed by atoms with Gasteiger partial charge in [-0.2, -0.15) is 0 Å². The van der Waals surface area contributed by atoms with Gasteiger partial charge in [0.25, 0.3) is 0 Å². The van der Waals surface area contributed by atoms with E-state index in [2.05, 4.69) is 6.92 Å². The first-order chi connectivity index (χ1) is 14.8. The summed E-state index contributed by atoms with van der Waals surface area (Å²) < 4.78 is 0. The van der Waals surface area contributed by atoms with Gasteiger partial charge in [0, 0.05) is 6.42 Å². The minimum Gasteiger partial charge on any atom is -0.481 e. The van der Waals surface area contributed by atoms with Crippen LogP contribution in [0.4, 0.5) is 0 Å². The van der Waals surface area contributed by atoms with E-state index in [0.29, 0.717) is 17.6 Å². The minimum absolute atomic E-state index is 0.0710. The van der Waals surface area contributed by atoms with Crippen LogP contribution in [0.25, 0.3) is 0 Å². The summed E-state index contributed by atoms with van der Waals surface area (Å²) in [5.41, 5.74) is 1.65. The number of allylic oxidation sites excluding steroid dienone is 1. The molecule has 1 unspecified atom stereocenters. The zero-order valence-corrected chi connectivity index (χ0v) is 19.5. The van der Waals surface area contributed by atoms with Crippen LogP contribution in [0, 0.1) is 40.9 Å². The molecule has 0 aromatic rings. The Kier molecular flexibility index (Phi) is 6.96. The van der Waals surface area contributed by atoms with Crippen molar-refractivity contribution in [3.05, 3.63) is 11.6 Å². The van der Waals surface area contributed by atoms with E-state index in [1.807, 2.05) is 13.0 Å². The average Bonchev–Trinajstić information content (AvgIpc) is 3.08. The summed E-state index contributed by atoms with van der Waals surface area (Å²) in [4.78, 5) is 22.2. The molecule has 0 aromatic carbocycles. The molecule has 4 nitrogen and oxygen atoms in total. The standard InChI is InChI=1S/C18H26O2.C9H16O2/c1-18-9-8-14-13-5-3-12(19)10-11(13)2-4-15(14)16(18)6-7-17(18)20;1-7(9(10)11)8-5-3-2-4-6-8/h10,13-17,20H,2-9H2,1H3;7-8H,2-6H2,1H3,(H,10,11)/t13-,14+,15+,16-,17-,18-;/m0./s1. The van der Waals surface area contributed by atoms with Gasteiger partial charge in [-0.1, -0.05) is 38.7 Å². The van der Waals surface area contributed by atoms with Crippen LogP contribution in [0.1, 0.15) is 97.3 Å². The monoisotopic (exact) mass is 430 g/mol. The van der Waals surface area contributed by atoms with Crippen LogP contribution in [0.3, 0.4) is 0 Å². The van der Waals surface area contributed by atoms with Crippen molar-refractivity contribution < 1.29 is 19.8 Å². The Balaban J connectivity index is 0.000000180. The molecule has 31 heavy (non-hydrogen) atoms. The maximum absolute atomic E-state index is 11.6. The minimum atomic E-state index is -0.628. The maximum atomic E-state index is 11.6. The molecule has 0 radical (unpaired) electrons. The van der Waals surface area contributed by atoms with Crippen molar-refractivity contribution in [3.8, 4) is 0 Å². The van der Waals surface area contributed by atoms with Crippen molar-refractivity contribution in [2.75, 3.05) is 0 Å². The fourth-order valence-electron chi connectivity index (χ4n) is 7.99. The maximum Gasteiger partial charge on any atom is 0.306 e. The summed E-state index contributed by atoms with van der Waals surface area (Å²) in [6.07, 6.45) is 16.8. The Morgan fingerprint density at radius 2 is 1.74 bits per heavy atom. The van der Waals surface area contributed by atoms with Crippen molar-refractivity contribution in [1.82, 2.24) is 0 Å². The third-order valence-electron chi connectivity index (χ3n) is 10.00. The van der Waals surface area contributed by atoms with E-state index in [0.717, 1.165) is 56.3 Å². The Hall–Kier alpha value is -1.16. The van der Waals surface area contributed by atoms with E-state index in [1.165, 1.54) is 50.5 Å². The molecule has 2 N–H and O–H groups in total. The van der Waals surface area contributed by atoms with E-state index in [1.54, 1.807) is 0 Å². The molecule has 0 aliphatic heterocycles. The third-order valence-corrected chi connectivity index (χ3v) is 10.00. The lowest BCUT2D eigenvalue weighted by molar-refractivity contribution is -0.143. The van der Waals surface area contributed by atoms with Crippen LogP contribution in [-0.4, -0.2) is 28.1 Å². The molecule has 0 saturated heterocycles. The van der Waals surface area contributed by atoms with Crippen molar-refractivity contribution in [2.24, 2.45) is 40.9 Å². The molecular formula is C27H42O4. The van der Waals surface area contributed by atoms with Crippen molar-refractivity contribution in [2.45, 2.75) is 103 Å². The second kappa shape index (κ2) is 9.37. The molecule has 0 bridgehead atoms. The molecule has 4 fully saturated rings. The largest absolute Gasteiger partial charge is 0.481 e. The fraction of sp³-hybridized carbons (Fsp3) is 0.852. The highest BCUT2D eigenvalue weighted by Gasteiger charge is 2.55. The lowest BCUT2D eigenvalue weighted by Crippen LogP contribution is -2.47. The predicted octanol–water partition coefficient (Wildman–Crippen LogP) is 5.78. The SMILES string of the molecule is CC(C(=O)O)C1CCCCC1.C[C@]12CC[C@H]3[C@@H](CCC4=CC(=O)CC[C@@H]43)[C@@H]1CC[C@@H]2O. The molecular weight excluding hydrogens is 388 g/mol. The van der Waals surface area contributed by atoms with Gasteiger partial charge in [-0.05, 0) is 98.9 Å².